The SMILES string of the molecule is CC(C)(C)OC(=O)NCC1CCN(C(=O)c2ccc3nc(C(F)F)[nH]c3c2)CC1. The lowest BCUT2D eigenvalue weighted by molar-refractivity contribution is 0.0500. The van der Waals surface area contributed by atoms with Gasteiger partial charge in [-0.2, -0.15) is 0 Å². The number of piperidine rings is 1. The van der Waals surface area contributed by atoms with E-state index in [2.05, 4.69) is 15.3 Å². The van der Waals surface area contributed by atoms with Crippen LogP contribution < -0.4 is 5.32 Å². The normalized spacial score (nSPS) is 15.7. The molecule has 0 saturated carbocycles. The number of aromatic nitrogens is 2. The Morgan fingerprint density at radius 3 is 2.62 bits per heavy atom. The number of carbonyl (C=O) groups is 2. The van der Waals surface area contributed by atoms with Gasteiger partial charge in [-0.15, -0.1) is 0 Å². The Labute approximate surface area is 167 Å². The number of halogens is 2. The smallest absolute Gasteiger partial charge is 0.407 e. The molecule has 2 N–H and O–H groups in total. The fraction of sp³-hybridized carbons (Fsp3) is 0.550. The zero-order valence-corrected chi connectivity index (χ0v) is 16.8. The second-order valence-corrected chi connectivity index (χ2v) is 8.27. The minimum Gasteiger partial charge on any atom is -0.444 e. The number of hydrogen-bond acceptors (Lipinski definition) is 4. The lowest BCUT2D eigenvalue weighted by Crippen LogP contribution is -2.42. The van der Waals surface area contributed by atoms with Crippen LogP contribution in [-0.2, 0) is 4.74 Å². The minimum absolute atomic E-state index is 0.140. The molecule has 2 aromatic rings. The molecule has 2 amide bonds. The van der Waals surface area contributed by atoms with Crippen molar-refractivity contribution < 1.29 is 23.1 Å². The van der Waals surface area contributed by atoms with Gasteiger partial charge in [-0.1, -0.05) is 0 Å². The third kappa shape index (κ3) is 5.42. The van der Waals surface area contributed by atoms with Crippen LogP contribution in [0.2, 0.25) is 0 Å². The highest BCUT2D eigenvalue weighted by Crippen LogP contribution is 2.23. The molecule has 158 valence electrons. The van der Waals surface area contributed by atoms with Crippen molar-refractivity contribution in [2.45, 2.75) is 45.6 Å². The van der Waals surface area contributed by atoms with Crippen molar-refractivity contribution in [3.05, 3.63) is 29.6 Å². The number of ether oxygens (including phenoxy) is 1. The van der Waals surface area contributed by atoms with Crippen LogP contribution in [0.1, 0.15) is 56.2 Å². The van der Waals surface area contributed by atoms with Gasteiger partial charge in [0.15, 0.2) is 5.82 Å². The van der Waals surface area contributed by atoms with E-state index >= 15 is 0 Å². The predicted molar refractivity (Wildman–Crippen MR) is 104 cm³/mol. The van der Waals surface area contributed by atoms with E-state index in [0.717, 1.165) is 12.8 Å². The Kier molecular flexibility index (Phi) is 6.04. The van der Waals surface area contributed by atoms with Crippen molar-refractivity contribution >= 4 is 23.0 Å². The summed E-state index contributed by atoms with van der Waals surface area (Å²) in [6.45, 7) is 7.09. The van der Waals surface area contributed by atoms with Crippen LogP contribution in [0.15, 0.2) is 18.2 Å². The van der Waals surface area contributed by atoms with Crippen LogP contribution in [0, 0.1) is 5.92 Å². The largest absolute Gasteiger partial charge is 0.444 e. The first-order valence-corrected chi connectivity index (χ1v) is 9.66. The number of benzene rings is 1. The topological polar surface area (TPSA) is 87.3 Å². The molecule has 1 aromatic carbocycles. The Bertz CT molecular complexity index is 883. The summed E-state index contributed by atoms with van der Waals surface area (Å²) in [5, 5.41) is 2.78. The van der Waals surface area contributed by atoms with E-state index in [9.17, 15) is 18.4 Å². The summed E-state index contributed by atoms with van der Waals surface area (Å²) in [6, 6.07) is 4.74. The van der Waals surface area contributed by atoms with Gasteiger partial charge in [0, 0.05) is 25.2 Å². The molecule has 0 atom stereocenters. The molecule has 1 aromatic heterocycles. The molecule has 0 bridgehead atoms. The molecule has 0 unspecified atom stereocenters. The van der Waals surface area contributed by atoms with Gasteiger partial charge in [0.25, 0.3) is 12.3 Å². The lowest BCUT2D eigenvalue weighted by atomic mass is 9.96. The van der Waals surface area contributed by atoms with Crippen molar-refractivity contribution in [2.75, 3.05) is 19.6 Å². The number of likely N-dealkylation sites (tertiary alicyclic amines) is 1. The van der Waals surface area contributed by atoms with Crippen molar-refractivity contribution in [3.63, 3.8) is 0 Å². The van der Waals surface area contributed by atoms with Crippen LogP contribution >= 0.6 is 0 Å². The molecule has 0 aliphatic carbocycles. The van der Waals surface area contributed by atoms with E-state index in [-0.39, 0.29) is 11.8 Å². The summed E-state index contributed by atoms with van der Waals surface area (Å²) in [6.07, 6.45) is -1.59. The average Bonchev–Trinajstić information content (AvgIpc) is 3.08. The maximum absolute atomic E-state index is 12.8. The first-order chi connectivity index (χ1) is 13.6. The molecule has 0 radical (unpaired) electrons. The van der Waals surface area contributed by atoms with Crippen molar-refractivity contribution in [1.29, 1.82) is 0 Å². The molecular formula is C20H26F2N4O3. The number of aromatic amines is 1. The number of hydrogen-bond donors (Lipinski definition) is 2. The Hall–Kier alpha value is -2.71. The highest BCUT2D eigenvalue weighted by atomic mass is 19.3. The summed E-state index contributed by atoms with van der Waals surface area (Å²) < 4.78 is 30.8. The molecule has 1 aliphatic rings. The summed E-state index contributed by atoms with van der Waals surface area (Å²) >= 11 is 0. The van der Waals surface area contributed by atoms with Gasteiger partial charge >= 0.3 is 6.09 Å². The fourth-order valence-corrected chi connectivity index (χ4v) is 3.33. The summed E-state index contributed by atoms with van der Waals surface area (Å²) in [7, 11) is 0. The summed E-state index contributed by atoms with van der Waals surface area (Å²) in [4.78, 5) is 32.6. The Morgan fingerprint density at radius 2 is 2.00 bits per heavy atom. The molecule has 1 saturated heterocycles. The first-order valence-electron chi connectivity index (χ1n) is 9.66. The van der Waals surface area contributed by atoms with Crippen molar-refractivity contribution in [3.8, 4) is 0 Å². The highest BCUT2D eigenvalue weighted by molar-refractivity contribution is 5.97. The number of alkyl halides is 2. The number of fused-ring (bicyclic) bond motifs is 1. The molecule has 29 heavy (non-hydrogen) atoms. The lowest BCUT2D eigenvalue weighted by Gasteiger charge is -2.32. The monoisotopic (exact) mass is 408 g/mol. The van der Waals surface area contributed by atoms with Gasteiger partial charge in [0.05, 0.1) is 11.0 Å². The maximum Gasteiger partial charge on any atom is 0.407 e. The third-order valence-electron chi connectivity index (χ3n) is 4.79. The minimum atomic E-state index is -2.69. The number of nitrogens with zero attached hydrogens (tertiary/aromatic N) is 2. The quantitative estimate of drug-likeness (QED) is 0.804. The fourth-order valence-electron chi connectivity index (χ4n) is 3.33. The molecule has 1 aliphatic heterocycles. The van der Waals surface area contributed by atoms with E-state index in [1.807, 2.05) is 20.8 Å². The van der Waals surface area contributed by atoms with Crippen LogP contribution in [-0.4, -0.2) is 52.1 Å². The second-order valence-electron chi connectivity index (χ2n) is 8.27. The highest BCUT2D eigenvalue weighted by Gasteiger charge is 2.25. The van der Waals surface area contributed by atoms with Crippen molar-refractivity contribution in [1.82, 2.24) is 20.2 Å². The zero-order valence-electron chi connectivity index (χ0n) is 16.8. The van der Waals surface area contributed by atoms with E-state index in [1.54, 1.807) is 23.1 Å². The van der Waals surface area contributed by atoms with E-state index < -0.39 is 23.9 Å². The number of imidazole rings is 1. The number of amides is 2. The van der Waals surface area contributed by atoms with Gasteiger partial charge in [-0.25, -0.2) is 18.6 Å². The zero-order chi connectivity index (χ0) is 21.2. The van der Waals surface area contributed by atoms with Gasteiger partial charge in [0.1, 0.15) is 5.60 Å². The molecule has 0 spiro atoms. The summed E-state index contributed by atoms with van der Waals surface area (Å²) in [5.41, 5.74) is 0.727. The Morgan fingerprint density at radius 1 is 1.31 bits per heavy atom. The van der Waals surface area contributed by atoms with Crippen LogP contribution in [0.4, 0.5) is 13.6 Å². The number of rotatable bonds is 4. The van der Waals surface area contributed by atoms with Crippen molar-refractivity contribution in [2.24, 2.45) is 5.92 Å². The summed E-state index contributed by atoms with van der Waals surface area (Å²) in [5.74, 6) is -0.267. The van der Waals surface area contributed by atoms with Crippen LogP contribution in [0.5, 0.6) is 0 Å². The third-order valence-corrected chi connectivity index (χ3v) is 4.79. The molecule has 7 nitrogen and oxygen atoms in total. The first kappa shape index (κ1) is 21.0. The van der Waals surface area contributed by atoms with Crippen LogP contribution in [0.25, 0.3) is 11.0 Å². The number of nitrogens with one attached hydrogen (secondary N) is 2. The van der Waals surface area contributed by atoms with E-state index in [4.69, 9.17) is 4.74 Å². The molecular weight excluding hydrogens is 382 g/mol. The van der Waals surface area contributed by atoms with Gasteiger partial charge in [-0.3, -0.25) is 4.79 Å². The number of H-pyrrole nitrogens is 1. The molecule has 2 heterocycles. The van der Waals surface area contributed by atoms with Gasteiger partial charge < -0.3 is 19.9 Å². The molecule has 3 rings (SSSR count). The van der Waals surface area contributed by atoms with Gasteiger partial charge in [-0.05, 0) is 57.7 Å². The maximum atomic E-state index is 12.8. The van der Waals surface area contributed by atoms with Gasteiger partial charge in [0.2, 0.25) is 0 Å². The van der Waals surface area contributed by atoms with E-state index in [1.165, 1.54) is 0 Å². The molecule has 9 heteroatoms. The molecule has 1 fully saturated rings. The number of carbonyl (C=O) groups excluding carboxylic acids is 2. The Balaban J connectivity index is 1.53. The van der Waals surface area contributed by atoms with E-state index in [0.29, 0.717) is 36.2 Å². The standard InChI is InChI=1S/C20H26F2N4O3/c1-20(2,3)29-19(28)23-11-12-6-8-26(9-7-12)18(27)13-4-5-14-15(10-13)25-17(24-14)16(21)22/h4-5,10,12,16H,6-9,11H2,1-3H3,(H,23,28)(H,24,25). The average molecular weight is 408 g/mol. The number of alkyl carbamates (subject to hydrolysis) is 1. The second kappa shape index (κ2) is 8.34. The predicted octanol–water partition coefficient (Wildman–Crippen LogP) is 3.88. The van der Waals surface area contributed by atoms with Crippen LogP contribution in [0.3, 0.4) is 0 Å².